The molecule has 1 atom stereocenters. The average Bonchev–Trinajstić information content (AvgIpc) is 1.63. The Kier molecular flexibility index (Phi) is 5.59. The van der Waals surface area contributed by atoms with Gasteiger partial charge in [-0.25, -0.2) is 0 Å². The number of nitrogens with one attached hydrogen (secondary N) is 1. The summed E-state index contributed by atoms with van der Waals surface area (Å²) in [7, 11) is -4.48. The van der Waals surface area contributed by atoms with Gasteiger partial charge in [-0.15, -0.1) is 0 Å². The standard InChI is InChI=1S/C2H9NO4P2/c4-8(5)1-3-2-9(6)7/h3-5,9H,1-2H2,(H,6,7). The second-order valence-electron chi connectivity index (χ2n) is 1.35. The molecule has 1 unspecified atom stereocenters. The minimum atomic E-state index is -2.50. The minimum absolute atomic E-state index is 0.00764. The lowest BCUT2D eigenvalue weighted by Crippen LogP contribution is -2.12. The molecule has 7 heteroatoms. The van der Waals surface area contributed by atoms with E-state index in [4.69, 9.17) is 14.7 Å². The molecule has 0 aromatic carbocycles. The topological polar surface area (TPSA) is 89.8 Å². The van der Waals surface area contributed by atoms with Crippen LogP contribution in [0.1, 0.15) is 0 Å². The van der Waals surface area contributed by atoms with E-state index in [0.717, 1.165) is 0 Å². The smallest absolute Gasteiger partial charge is 0.202 e. The molecule has 0 aliphatic carbocycles. The second-order valence-corrected chi connectivity index (χ2v) is 3.55. The van der Waals surface area contributed by atoms with Crippen LogP contribution in [0.5, 0.6) is 0 Å². The monoisotopic (exact) mass is 173 g/mol. The predicted molar refractivity (Wildman–Crippen MR) is 35.4 cm³/mol. The van der Waals surface area contributed by atoms with Crippen LogP contribution in [0.15, 0.2) is 0 Å². The highest BCUT2D eigenvalue weighted by Crippen LogP contribution is 2.20. The molecule has 0 fully saturated rings. The van der Waals surface area contributed by atoms with Gasteiger partial charge in [-0.2, -0.15) is 0 Å². The molecule has 0 amide bonds. The third kappa shape index (κ3) is 8.50. The lowest BCUT2D eigenvalue weighted by molar-refractivity contribution is 0.474. The fraction of sp³-hybridized carbons (Fsp3) is 1.00. The molecule has 9 heavy (non-hydrogen) atoms. The fourth-order valence-corrected chi connectivity index (χ4v) is 1.12. The van der Waals surface area contributed by atoms with Crippen molar-refractivity contribution in [2.24, 2.45) is 0 Å². The summed E-state index contributed by atoms with van der Waals surface area (Å²) in [5.41, 5.74) is 0. The zero-order valence-corrected chi connectivity index (χ0v) is 6.51. The molecule has 0 spiro atoms. The van der Waals surface area contributed by atoms with Crippen LogP contribution in [-0.2, 0) is 4.57 Å². The van der Waals surface area contributed by atoms with E-state index >= 15 is 0 Å². The molecule has 0 rings (SSSR count). The lowest BCUT2D eigenvalue weighted by atomic mass is 11.2. The summed E-state index contributed by atoms with van der Waals surface area (Å²) in [6.07, 6.45) is -0.0586. The molecule has 0 aromatic heterocycles. The van der Waals surface area contributed by atoms with Crippen LogP contribution in [0.4, 0.5) is 0 Å². The van der Waals surface area contributed by atoms with Crippen LogP contribution in [0.25, 0.3) is 0 Å². The van der Waals surface area contributed by atoms with Gasteiger partial charge in [-0.05, 0) is 0 Å². The van der Waals surface area contributed by atoms with Gasteiger partial charge in [0.05, 0.1) is 12.6 Å². The van der Waals surface area contributed by atoms with Crippen LogP contribution >= 0.6 is 16.4 Å². The van der Waals surface area contributed by atoms with Crippen LogP contribution in [0.2, 0.25) is 0 Å². The molecule has 0 heterocycles. The molecule has 0 bridgehead atoms. The molecular weight excluding hydrogens is 164 g/mol. The normalized spacial score (nSPS) is 14.2. The van der Waals surface area contributed by atoms with Crippen molar-refractivity contribution in [1.82, 2.24) is 5.32 Å². The Morgan fingerprint density at radius 3 is 2.44 bits per heavy atom. The lowest BCUT2D eigenvalue weighted by Gasteiger charge is -2.01. The zero-order chi connectivity index (χ0) is 7.28. The van der Waals surface area contributed by atoms with Gasteiger partial charge in [0.25, 0.3) is 0 Å². The fourth-order valence-electron chi connectivity index (χ4n) is 0.263. The van der Waals surface area contributed by atoms with Gasteiger partial charge >= 0.3 is 0 Å². The molecule has 56 valence electrons. The second kappa shape index (κ2) is 5.30. The van der Waals surface area contributed by atoms with E-state index in [0.29, 0.717) is 0 Å². The van der Waals surface area contributed by atoms with E-state index in [9.17, 15) is 4.57 Å². The van der Waals surface area contributed by atoms with Crippen LogP contribution in [-0.4, -0.2) is 27.3 Å². The summed E-state index contributed by atoms with van der Waals surface area (Å²) in [5.74, 6) is 0. The van der Waals surface area contributed by atoms with Gasteiger partial charge in [-0.1, -0.05) is 0 Å². The van der Waals surface area contributed by atoms with Gasteiger partial charge in [0.1, 0.15) is 0 Å². The van der Waals surface area contributed by atoms with Crippen molar-refractivity contribution < 1.29 is 19.2 Å². The highest BCUT2D eigenvalue weighted by atomic mass is 31.2. The first-order chi connectivity index (χ1) is 4.13. The molecule has 5 nitrogen and oxygen atoms in total. The van der Waals surface area contributed by atoms with Crippen molar-refractivity contribution >= 4 is 16.4 Å². The largest absolute Gasteiger partial charge is 0.349 e. The van der Waals surface area contributed by atoms with Crippen molar-refractivity contribution in [2.75, 3.05) is 12.6 Å². The van der Waals surface area contributed by atoms with E-state index in [2.05, 4.69) is 5.32 Å². The predicted octanol–water partition coefficient (Wildman–Crippen LogP) is -0.746. The zero-order valence-electron chi connectivity index (χ0n) is 4.61. The Hall–Kier alpha value is 0.500. The summed E-state index contributed by atoms with van der Waals surface area (Å²) in [4.78, 5) is 24.7. The SMILES string of the molecule is O=[PH](O)CNCP(O)O. The van der Waals surface area contributed by atoms with E-state index in [-0.39, 0.29) is 12.6 Å². The highest BCUT2D eigenvalue weighted by Gasteiger charge is 1.97. The Morgan fingerprint density at radius 2 is 2.11 bits per heavy atom. The maximum Gasteiger partial charge on any atom is 0.202 e. The third-order valence-electron chi connectivity index (χ3n) is 0.529. The van der Waals surface area contributed by atoms with E-state index < -0.39 is 16.4 Å². The van der Waals surface area contributed by atoms with Crippen LogP contribution < -0.4 is 5.32 Å². The summed E-state index contributed by atoms with van der Waals surface area (Å²) in [6, 6.07) is 0. The Labute approximate surface area is 54.5 Å². The van der Waals surface area contributed by atoms with Crippen LogP contribution in [0, 0.1) is 0 Å². The van der Waals surface area contributed by atoms with Crippen molar-refractivity contribution in [3.8, 4) is 0 Å². The van der Waals surface area contributed by atoms with Crippen molar-refractivity contribution in [2.45, 2.75) is 0 Å². The maximum atomic E-state index is 9.95. The Balaban J connectivity index is 3.01. The molecule has 0 aliphatic heterocycles. The van der Waals surface area contributed by atoms with Gasteiger partial charge in [0, 0.05) is 0 Å². The van der Waals surface area contributed by atoms with Gasteiger partial charge in [0.15, 0.2) is 8.38 Å². The Bertz CT molecular complexity index is 96.6. The summed E-state index contributed by atoms with van der Waals surface area (Å²) >= 11 is 0. The number of rotatable bonds is 4. The first-order valence-electron chi connectivity index (χ1n) is 2.20. The first-order valence-corrected chi connectivity index (χ1v) is 5.20. The molecule has 0 aromatic rings. The van der Waals surface area contributed by atoms with Gasteiger partial charge in [0.2, 0.25) is 8.03 Å². The highest BCUT2D eigenvalue weighted by molar-refractivity contribution is 7.45. The van der Waals surface area contributed by atoms with E-state index in [1.165, 1.54) is 0 Å². The minimum Gasteiger partial charge on any atom is -0.349 e. The van der Waals surface area contributed by atoms with E-state index in [1.807, 2.05) is 0 Å². The average molecular weight is 173 g/mol. The number of hydrogen-bond donors (Lipinski definition) is 4. The quantitative estimate of drug-likeness (QED) is 0.420. The summed E-state index contributed by atoms with van der Waals surface area (Å²) in [6.45, 7) is 0. The van der Waals surface area contributed by atoms with E-state index in [1.54, 1.807) is 0 Å². The molecule has 0 saturated heterocycles. The number of hydrogen-bond acceptors (Lipinski definition) is 4. The molecule has 4 N–H and O–H groups in total. The third-order valence-corrected chi connectivity index (χ3v) is 1.59. The molecule has 0 saturated carbocycles. The maximum absolute atomic E-state index is 9.95. The summed E-state index contributed by atoms with van der Waals surface area (Å²) in [5, 5.41) is 2.40. The first kappa shape index (κ1) is 9.50. The van der Waals surface area contributed by atoms with Crippen molar-refractivity contribution in [3.05, 3.63) is 0 Å². The van der Waals surface area contributed by atoms with Gasteiger partial charge < -0.3 is 20.0 Å². The van der Waals surface area contributed by atoms with Gasteiger partial charge in [-0.3, -0.25) is 4.57 Å². The molecule has 0 radical (unpaired) electrons. The van der Waals surface area contributed by atoms with Crippen molar-refractivity contribution in [3.63, 3.8) is 0 Å². The van der Waals surface area contributed by atoms with Crippen LogP contribution in [0.3, 0.4) is 0 Å². The Morgan fingerprint density at radius 1 is 1.56 bits per heavy atom. The summed E-state index contributed by atoms with van der Waals surface area (Å²) < 4.78 is 9.95. The van der Waals surface area contributed by atoms with Crippen molar-refractivity contribution in [1.29, 1.82) is 0 Å². The molecule has 0 aliphatic rings. The molecular formula is C2H9NO4P2.